The van der Waals surface area contributed by atoms with Gasteiger partial charge in [-0.25, -0.2) is 9.79 Å². The molecule has 1 aromatic heterocycles. The van der Waals surface area contributed by atoms with E-state index in [1.54, 1.807) is 63.4 Å². The Morgan fingerprint density at radius 3 is 2.47 bits per heavy atom. The molecule has 0 saturated heterocycles. The van der Waals surface area contributed by atoms with Gasteiger partial charge in [-0.1, -0.05) is 29.0 Å². The number of ether oxygens (including phenoxy) is 4. The second kappa shape index (κ2) is 10.6. The van der Waals surface area contributed by atoms with Gasteiger partial charge in [0.1, 0.15) is 23.3 Å². The number of thiazole rings is 1. The van der Waals surface area contributed by atoms with Crippen molar-refractivity contribution in [3.63, 3.8) is 0 Å². The number of carbonyl (C=O) groups excluding carboxylic acids is 1. The van der Waals surface area contributed by atoms with E-state index in [1.807, 2.05) is 0 Å². The number of aromatic nitrogens is 1. The lowest BCUT2D eigenvalue weighted by Gasteiger charge is -2.26. The van der Waals surface area contributed by atoms with Gasteiger partial charge in [-0.05, 0) is 55.8 Å². The van der Waals surface area contributed by atoms with Crippen molar-refractivity contribution in [2.75, 3.05) is 27.9 Å². The molecule has 0 radical (unpaired) electrons. The number of hydrogen-bond acceptors (Lipinski definition) is 8. The van der Waals surface area contributed by atoms with Crippen molar-refractivity contribution >= 4 is 35.0 Å². The summed E-state index contributed by atoms with van der Waals surface area (Å²) in [5.74, 6) is 1.03. The molecular formula is C26H25ClN2O6S. The van der Waals surface area contributed by atoms with Crippen LogP contribution in [0.3, 0.4) is 0 Å². The normalized spacial score (nSPS) is 15.3. The summed E-state index contributed by atoms with van der Waals surface area (Å²) in [4.78, 5) is 31.9. The molecule has 0 amide bonds. The molecule has 36 heavy (non-hydrogen) atoms. The number of allylic oxidation sites excluding steroid dienone is 1. The Bertz CT molecular complexity index is 1540. The van der Waals surface area contributed by atoms with Crippen LogP contribution in [0.15, 0.2) is 57.5 Å². The van der Waals surface area contributed by atoms with E-state index in [-0.39, 0.29) is 17.7 Å². The number of rotatable bonds is 7. The molecule has 0 bridgehead atoms. The molecule has 1 unspecified atom stereocenters. The van der Waals surface area contributed by atoms with Crippen LogP contribution in [0.4, 0.5) is 0 Å². The Morgan fingerprint density at radius 2 is 1.83 bits per heavy atom. The van der Waals surface area contributed by atoms with E-state index in [9.17, 15) is 9.59 Å². The Morgan fingerprint density at radius 1 is 1.11 bits per heavy atom. The van der Waals surface area contributed by atoms with Crippen molar-refractivity contribution < 1.29 is 23.7 Å². The van der Waals surface area contributed by atoms with Gasteiger partial charge in [0.15, 0.2) is 4.80 Å². The third-order valence-electron chi connectivity index (χ3n) is 5.72. The topological polar surface area (TPSA) is 88.4 Å². The summed E-state index contributed by atoms with van der Waals surface area (Å²) in [5, 5.41) is 0.429. The van der Waals surface area contributed by atoms with Crippen molar-refractivity contribution in [3.05, 3.63) is 83.5 Å². The van der Waals surface area contributed by atoms with Crippen LogP contribution in [0.25, 0.3) is 6.08 Å². The van der Waals surface area contributed by atoms with E-state index in [0.29, 0.717) is 42.9 Å². The van der Waals surface area contributed by atoms with Crippen molar-refractivity contribution in [2.45, 2.75) is 19.9 Å². The SMILES string of the molecule is CCOC(=O)C1=C(C)N=c2s/c(=C\c3ccc(OC)c(Cl)c3)c(=O)n2C1c1cc(OC)ccc1OC. The van der Waals surface area contributed by atoms with Crippen LogP contribution >= 0.6 is 22.9 Å². The second-order valence-electron chi connectivity index (χ2n) is 7.80. The Labute approximate surface area is 216 Å². The van der Waals surface area contributed by atoms with Crippen molar-refractivity contribution in [1.29, 1.82) is 0 Å². The summed E-state index contributed by atoms with van der Waals surface area (Å²) in [6, 6.07) is 9.67. The smallest absolute Gasteiger partial charge is 0.338 e. The van der Waals surface area contributed by atoms with Crippen LogP contribution < -0.4 is 29.1 Å². The van der Waals surface area contributed by atoms with Gasteiger partial charge in [-0.2, -0.15) is 0 Å². The maximum atomic E-state index is 13.8. The first kappa shape index (κ1) is 25.5. The molecule has 3 aromatic rings. The lowest BCUT2D eigenvalue weighted by molar-refractivity contribution is -0.139. The van der Waals surface area contributed by atoms with E-state index in [2.05, 4.69) is 4.99 Å². The van der Waals surface area contributed by atoms with Crippen LogP contribution in [0.2, 0.25) is 5.02 Å². The number of hydrogen-bond donors (Lipinski definition) is 0. The summed E-state index contributed by atoms with van der Waals surface area (Å²) < 4.78 is 23.5. The molecule has 0 N–H and O–H groups in total. The van der Waals surface area contributed by atoms with Crippen LogP contribution in [0.1, 0.15) is 31.0 Å². The van der Waals surface area contributed by atoms with E-state index >= 15 is 0 Å². The van der Waals surface area contributed by atoms with Gasteiger partial charge in [0.25, 0.3) is 5.56 Å². The van der Waals surface area contributed by atoms with Gasteiger partial charge >= 0.3 is 5.97 Å². The fourth-order valence-electron chi connectivity index (χ4n) is 4.06. The van der Waals surface area contributed by atoms with Gasteiger partial charge in [0.2, 0.25) is 0 Å². The minimum absolute atomic E-state index is 0.181. The monoisotopic (exact) mass is 528 g/mol. The van der Waals surface area contributed by atoms with Crippen LogP contribution in [0, 0.1) is 0 Å². The molecule has 2 heterocycles. The predicted molar refractivity (Wildman–Crippen MR) is 138 cm³/mol. The van der Waals surface area contributed by atoms with Gasteiger partial charge in [0.05, 0.1) is 48.8 Å². The molecule has 2 aromatic carbocycles. The average molecular weight is 529 g/mol. The number of fused-ring (bicyclic) bond motifs is 1. The highest BCUT2D eigenvalue weighted by atomic mass is 35.5. The molecule has 4 rings (SSSR count). The standard InChI is InChI=1S/C26H25ClN2O6S/c1-6-35-25(31)22-14(2)28-26-29(23(22)17-13-16(32-3)8-10-19(17)33-4)24(30)21(36-26)12-15-7-9-20(34-5)18(27)11-15/h7-13,23H,6H2,1-5H3/b21-12-. The third kappa shape index (κ3) is 4.64. The lowest BCUT2D eigenvalue weighted by atomic mass is 9.94. The number of carbonyl (C=O) groups is 1. The molecule has 10 heteroatoms. The fourth-order valence-corrected chi connectivity index (χ4v) is 5.38. The average Bonchev–Trinajstić information content (AvgIpc) is 3.17. The Hall–Kier alpha value is -3.56. The molecule has 8 nitrogen and oxygen atoms in total. The maximum absolute atomic E-state index is 13.8. The number of methoxy groups -OCH3 is 3. The van der Waals surface area contributed by atoms with Gasteiger partial charge < -0.3 is 18.9 Å². The summed E-state index contributed by atoms with van der Waals surface area (Å²) >= 11 is 7.50. The first-order valence-corrected chi connectivity index (χ1v) is 12.3. The van der Waals surface area contributed by atoms with E-state index < -0.39 is 12.0 Å². The zero-order valence-electron chi connectivity index (χ0n) is 20.5. The summed E-state index contributed by atoms with van der Waals surface area (Å²) in [6.45, 7) is 3.64. The van der Waals surface area contributed by atoms with Crippen LogP contribution in [-0.4, -0.2) is 38.5 Å². The third-order valence-corrected chi connectivity index (χ3v) is 7.00. The predicted octanol–water partition coefficient (Wildman–Crippen LogP) is 3.48. The quantitative estimate of drug-likeness (QED) is 0.436. The first-order valence-electron chi connectivity index (χ1n) is 11.1. The summed E-state index contributed by atoms with van der Waals surface area (Å²) in [6.07, 6.45) is 1.73. The van der Waals surface area contributed by atoms with E-state index in [1.165, 1.54) is 30.1 Å². The van der Waals surface area contributed by atoms with Crippen molar-refractivity contribution in [3.8, 4) is 17.2 Å². The molecule has 0 fully saturated rings. The molecule has 0 aliphatic carbocycles. The minimum Gasteiger partial charge on any atom is -0.497 e. The van der Waals surface area contributed by atoms with Crippen LogP contribution in [-0.2, 0) is 9.53 Å². The molecule has 1 aliphatic rings. The molecular weight excluding hydrogens is 504 g/mol. The first-order chi connectivity index (χ1) is 17.3. The summed E-state index contributed by atoms with van der Waals surface area (Å²) in [5.41, 5.74) is 1.71. The molecule has 0 saturated carbocycles. The van der Waals surface area contributed by atoms with Gasteiger partial charge in [0, 0.05) is 5.56 Å². The van der Waals surface area contributed by atoms with Gasteiger partial charge in [-0.3, -0.25) is 9.36 Å². The maximum Gasteiger partial charge on any atom is 0.338 e. The number of nitrogens with zero attached hydrogens (tertiary/aromatic N) is 2. The number of benzene rings is 2. The van der Waals surface area contributed by atoms with E-state index in [0.717, 1.165) is 5.56 Å². The Balaban J connectivity index is 1.99. The molecule has 188 valence electrons. The molecule has 0 spiro atoms. The highest BCUT2D eigenvalue weighted by Gasteiger charge is 2.35. The minimum atomic E-state index is -0.827. The highest BCUT2D eigenvalue weighted by Crippen LogP contribution is 2.37. The summed E-state index contributed by atoms with van der Waals surface area (Å²) in [7, 11) is 4.61. The zero-order chi connectivity index (χ0) is 26.0. The Kier molecular flexibility index (Phi) is 7.51. The van der Waals surface area contributed by atoms with Gasteiger partial charge in [-0.15, -0.1) is 0 Å². The largest absolute Gasteiger partial charge is 0.497 e. The zero-order valence-corrected chi connectivity index (χ0v) is 22.0. The van der Waals surface area contributed by atoms with Crippen molar-refractivity contribution in [1.82, 2.24) is 4.57 Å². The highest BCUT2D eigenvalue weighted by molar-refractivity contribution is 7.07. The fraction of sp³-hybridized carbons (Fsp3) is 0.269. The van der Waals surface area contributed by atoms with Crippen LogP contribution in [0.5, 0.6) is 17.2 Å². The van der Waals surface area contributed by atoms with E-state index in [4.69, 9.17) is 30.5 Å². The molecule has 1 atom stereocenters. The van der Waals surface area contributed by atoms with Crippen molar-refractivity contribution in [2.24, 2.45) is 4.99 Å². The number of esters is 1. The lowest BCUT2D eigenvalue weighted by Crippen LogP contribution is -2.40. The second-order valence-corrected chi connectivity index (χ2v) is 9.22. The molecule has 1 aliphatic heterocycles. The number of halogens is 1.